The zero-order valence-electron chi connectivity index (χ0n) is 10.3. The smallest absolute Gasteiger partial charge is 0.0328 e. The zero-order valence-corrected chi connectivity index (χ0v) is 10.3. The van der Waals surface area contributed by atoms with Crippen LogP contribution in [0.5, 0.6) is 0 Å². The minimum absolute atomic E-state index is 0.621. The van der Waals surface area contributed by atoms with Gasteiger partial charge in [0.05, 0.1) is 0 Å². The van der Waals surface area contributed by atoms with Crippen LogP contribution < -0.4 is 5.32 Å². The Balaban J connectivity index is 2.06. The minimum Gasteiger partial charge on any atom is -0.310 e. The summed E-state index contributed by atoms with van der Waals surface area (Å²) in [7, 11) is 0. The van der Waals surface area contributed by atoms with E-state index in [9.17, 15) is 0 Å². The molecule has 0 amide bonds. The molecule has 2 aliphatic rings. The van der Waals surface area contributed by atoms with Gasteiger partial charge in [-0.3, -0.25) is 0 Å². The molecule has 0 spiro atoms. The summed E-state index contributed by atoms with van der Waals surface area (Å²) in [5.41, 5.74) is 4.93. The molecule has 3 unspecified atom stereocenters. The number of nitrogens with one attached hydrogen (secondary N) is 1. The van der Waals surface area contributed by atoms with Gasteiger partial charge in [-0.1, -0.05) is 32.0 Å². The summed E-state index contributed by atoms with van der Waals surface area (Å²) in [6, 6.07) is 7.56. The van der Waals surface area contributed by atoms with Crippen molar-refractivity contribution in [3.63, 3.8) is 0 Å². The van der Waals surface area contributed by atoms with Gasteiger partial charge >= 0.3 is 0 Å². The van der Waals surface area contributed by atoms with E-state index in [2.05, 4.69) is 37.4 Å². The largest absolute Gasteiger partial charge is 0.310 e. The summed E-state index contributed by atoms with van der Waals surface area (Å²) >= 11 is 0. The SMILES string of the molecule is CCNC1CC2CCC(C)c3cccc1c32. The average molecular weight is 215 g/mol. The molecule has 16 heavy (non-hydrogen) atoms. The van der Waals surface area contributed by atoms with Gasteiger partial charge in [-0.25, -0.2) is 0 Å². The van der Waals surface area contributed by atoms with Crippen molar-refractivity contribution in [3.05, 3.63) is 34.9 Å². The van der Waals surface area contributed by atoms with E-state index in [-0.39, 0.29) is 0 Å². The lowest BCUT2D eigenvalue weighted by atomic mass is 9.78. The molecule has 0 bridgehead atoms. The number of hydrogen-bond acceptors (Lipinski definition) is 1. The molecule has 1 N–H and O–H groups in total. The fourth-order valence-electron chi connectivity index (χ4n) is 3.64. The molecule has 0 fully saturated rings. The van der Waals surface area contributed by atoms with E-state index < -0.39 is 0 Å². The van der Waals surface area contributed by atoms with Crippen LogP contribution in [0, 0.1) is 0 Å². The fraction of sp³-hybridized carbons (Fsp3) is 0.600. The van der Waals surface area contributed by atoms with Gasteiger partial charge in [-0.2, -0.15) is 0 Å². The first-order chi connectivity index (χ1) is 7.81. The summed E-state index contributed by atoms with van der Waals surface area (Å²) in [4.78, 5) is 0. The molecule has 0 aromatic heterocycles. The van der Waals surface area contributed by atoms with E-state index in [4.69, 9.17) is 0 Å². The maximum absolute atomic E-state index is 3.63. The van der Waals surface area contributed by atoms with Crippen LogP contribution in [0.1, 0.15) is 67.7 Å². The molecule has 3 rings (SSSR count). The predicted octanol–water partition coefficient (Wildman–Crippen LogP) is 3.72. The highest BCUT2D eigenvalue weighted by Crippen LogP contribution is 2.50. The van der Waals surface area contributed by atoms with Crippen molar-refractivity contribution in [3.8, 4) is 0 Å². The van der Waals surface area contributed by atoms with E-state index in [1.165, 1.54) is 19.3 Å². The van der Waals surface area contributed by atoms with Crippen molar-refractivity contribution < 1.29 is 0 Å². The summed E-state index contributed by atoms with van der Waals surface area (Å²) in [6.07, 6.45) is 4.10. The van der Waals surface area contributed by atoms with E-state index in [0.29, 0.717) is 6.04 Å². The molecule has 1 nitrogen and oxygen atoms in total. The normalized spacial score (nSPS) is 31.5. The van der Waals surface area contributed by atoms with Gasteiger partial charge in [-0.15, -0.1) is 0 Å². The Morgan fingerprint density at radius 3 is 2.88 bits per heavy atom. The second-order valence-corrected chi connectivity index (χ2v) is 5.37. The Bertz CT molecular complexity index is 396. The van der Waals surface area contributed by atoms with Crippen LogP contribution in [-0.2, 0) is 0 Å². The number of rotatable bonds is 2. The first kappa shape index (κ1) is 10.3. The molecule has 0 saturated heterocycles. The van der Waals surface area contributed by atoms with Gasteiger partial charge in [0.1, 0.15) is 0 Å². The van der Waals surface area contributed by atoms with Crippen LogP contribution in [0.15, 0.2) is 18.2 Å². The molecule has 1 aromatic rings. The van der Waals surface area contributed by atoms with E-state index in [0.717, 1.165) is 18.4 Å². The van der Waals surface area contributed by atoms with Gasteiger partial charge in [0, 0.05) is 6.04 Å². The lowest BCUT2D eigenvalue weighted by Crippen LogP contribution is -2.18. The van der Waals surface area contributed by atoms with E-state index in [1.807, 2.05) is 0 Å². The zero-order chi connectivity index (χ0) is 11.1. The summed E-state index contributed by atoms with van der Waals surface area (Å²) < 4.78 is 0. The van der Waals surface area contributed by atoms with E-state index >= 15 is 0 Å². The lowest BCUT2D eigenvalue weighted by molar-refractivity contribution is 0.455. The highest BCUT2D eigenvalue weighted by atomic mass is 14.9. The van der Waals surface area contributed by atoms with Crippen LogP contribution in [0.2, 0.25) is 0 Å². The third-order valence-corrected chi connectivity index (χ3v) is 4.41. The van der Waals surface area contributed by atoms with Gasteiger partial charge in [0.15, 0.2) is 0 Å². The van der Waals surface area contributed by atoms with Gasteiger partial charge < -0.3 is 5.32 Å². The summed E-state index contributed by atoms with van der Waals surface area (Å²) in [6.45, 7) is 5.67. The molecular formula is C15H21N. The number of hydrogen-bond donors (Lipinski definition) is 1. The third-order valence-electron chi connectivity index (χ3n) is 4.41. The molecule has 0 saturated carbocycles. The average Bonchev–Trinajstić information content (AvgIpc) is 2.65. The lowest BCUT2D eigenvalue weighted by Gasteiger charge is -2.26. The summed E-state index contributed by atoms with van der Waals surface area (Å²) in [5, 5.41) is 3.63. The van der Waals surface area contributed by atoms with Crippen molar-refractivity contribution in [1.29, 1.82) is 0 Å². The summed E-state index contributed by atoms with van der Waals surface area (Å²) in [5.74, 6) is 1.61. The first-order valence-corrected chi connectivity index (χ1v) is 6.67. The molecule has 1 aromatic carbocycles. The highest BCUT2D eigenvalue weighted by molar-refractivity contribution is 5.47. The maximum atomic E-state index is 3.63. The van der Waals surface area contributed by atoms with Gasteiger partial charge in [0.25, 0.3) is 0 Å². The minimum atomic E-state index is 0.621. The molecule has 0 aliphatic heterocycles. The third kappa shape index (κ3) is 1.41. The van der Waals surface area contributed by atoms with Crippen molar-refractivity contribution in [2.24, 2.45) is 0 Å². The Labute approximate surface area is 98.3 Å². The van der Waals surface area contributed by atoms with Crippen molar-refractivity contribution in [1.82, 2.24) is 5.32 Å². The molecular weight excluding hydrogens is 194 g/mol. The first-order valence-electron chi connectivity index (χ1n) is 6.67. The van der Waals surface area contributed by atoms with Crippen molar-refractivity contribution in [2.75, 3.05) is 6.54 Å². The van der Waals surface area contributed by atoms with Crippen LogP contribution in [-0.4, -0.2) is 6.54 Å². The monoisotopic (exact) mass is 215 g/mol. The Morgan fingerprint density at radius 2 is 2.06 bits per heavy atom. The quantitative estimate of drug-likeness (QED) is 0.792. The molecule has 0 radical (unpaired) electrons. The van der Waals surface area contributed by atoms with Crippen molar-refractivity contribution >= 4 is 0 Å². The van der Waals surface area contributed by atoms with Crippen LogP contribution in [0.3, 0.4) is 0 Å². The second kappa shape index (κ2) is 3.89. The topological polar surface area (TPSA) is 12.0 Å². The standard InChI is InChI=1S/C15H21N/c1-3-16-14-9-11-8-7-10(2)12-5-4-6-13(14)15(11)12/h4-6,10-11,14,16H,3,7-9H2,1-2H3. The van der Waals surface area contributed by atoms with Crippen LogP contribution in [0.25, 0.3) is 0 Å². The van der Waals surface area contributed by atoms with Gasteiger partial charge in [-0.05, 0) is 54.3 Å². The van der Waals surface area contributed by atoms with Gasteiger partial charge in [0.2, 0.25) is 0 Å². The predicted molar refractivity (Wildman–Crippen MR) is 67.9 cm³/mol. The Kier molecular flexibility index (Phi) is 2.51. The molecule has 0 heterocycles. The van der Waals surface area contributed by atoms with E-state index in [1.54, 1.807) is 16.7 Å². The fourth-order valence-corrected chi connectivity index (χ4v) is 3.64. The Hall–Kier alpha value is -0.820. The molecule has 86 valence electrons. The highest BCUT2D eigenvalue weighted by Gasteiger charge is 2.35. The number of benzene rings is 1. The second-order valence-electron chi connectivity index (χ2n) is 5.37. The van der Waals surface area contributed by atoms with Crippen molar-refractivity contribution in [2.45, 2.75) is 51.0 Å². The maximum Gasteiger partial charge on any atom is 0.0328 e. The van der Waals surface area contributed by atoms with Crippen LogP contribution in [0.4, 0.5) is 0 Å². The Morgan fingerprint density at radius 1 is 1.25 bits per heavy atom. The molecule has 2 aliphatic carbocycles. The molecule has 1 heteroatoms. The molecule has 3 atom stereocenters. The van der Waals surface area contributed by atoms with Crippen LogP contribution >= 0.6 is 0 Å².